The number of nitrogens with two attached hydrogens (primary N) is 1. The summed E-state index contributed by atoms with van der Waals surface area (Å²) in [6.07, 6.45) is 0. The third-order valence-corrected chi connectivity index (χ3v) is 3.14. The largest absolute Gasteiger partial charge is 0.399 e. The molecule has 2 aromatic carbocycles. The van der Waals surface area contributed by atoms with Gasteiger partial charge in [0.25, 0.3) is 0 Å². The summed E-state index contributed by atoms with van der Waals surface area (Å²) in [5, 5.41) is 3.21. The number of rotatable bonds is 2. The lowest BCUT2D eigenvalue weighted by molar-refractivity contribution is 0.629. The molecule has 18 heavy (non-hydrogen) atoms. The summed E-state index contributed by atoms with van der Waals surface area (Å²) in [6, 6.07) is 8.46. The van der Waals surface area contributed by atoms with E-state index < -0.39 is 0 Å². The molecule has 0 aromatic heterocycles. The molecule has 3 N–H and O–H groups in total. The summed E-state index contributed by atoms with van der Waals surface area (Å²) < 4.78 is 14.3. The average molecular weight is 309 g/mol. The summed E-state index contributed by atoms with van der Waals surface area (Å²) in [7, 11) is 0. The zero-order valence-corrected chi connectivity index (χ0v) is 11.8. The molecule has 2 nitrogen and oxygen atoms in total. The van der Waals surface area contributed by atoms with Gasteiger partial charge in [-0.3, -0.25) is 0 Å². The van der Waals surface area contributed by atoms with Gasteiger partial charge in [-0.1, -0.05) is 15.9 Å². The molecule has 0 saturated carbocycles. The van der Waals surface area contributed by atoms with Crippen molar-refractivity contribution in [1.82, 2.24) is 0 Å². The van der Waals surface area contributed by atoms with Gasteiger partial charge < -0.3 is 11.1 Å². The number of aryl methyl sites for hydroxylation is 2. The summed E-state index contributed by atoms with van der Waals surface area (Å²) in [4.78, 5) is 0. The van der Waals surface area contributed by atoms with E-state index in [0.29, 0.717) is 11.4 Å². The number of hydrogen-bond acceptors (Lipinski definition) is 2. The minimum atomic E-state index is -0.343. The predicted octanol–water partition coefficient (Wildman–Crippen LogP) is 4.53. The molecule has 0 fully saturated rings. The van der Waals surface area contributed by atoms with E-state index in [2.05, 4.69) is 21.2 Å². The van der Waals surface area contributed by atoms with Gasteiger partial charge in [-0.25, -0.2) is 4.39 Å². The SMILES string of the molecule is Cc1cc(Br)cc(C)c1Nc1cc(N)cc(F)c1. The van der Waals surface area contributed by atoms with Crippen molar-refractivity contribution in [2.75, 3.05) is 11.1 Å². The lowest BCUT2D eigenvalue weighted by atomic mass is 10.1. The van der Waals surface area contributed by atoms with Gasteiger partial charge in [0.15, 0.2) is 0 Å². The van der Waals surface area contributed by atoms with Crippen LogP contribution in [0.4, 0.5) is 21.5 Å². The second-order valence-electron chi connectivity index (χ2n) is 4.31. The van der Waals surface area contributed by atoms with Crippen LogP contribution in [0, 0.1) is 19.7 Å². The van der Waals surface area contributed by atoms with E-state index in [1.807, 2.05) is 26.0 Å². The molecule has 94 valence electrons. The molecule has 0 spiro atoms. The zero-order valence-electron chi connectivity index (χ0n) is 10.2. The molecule has 0 amide bonds. The second-order valence-corrected chi connectivity index (χ2v) is 5.23. The summed E-state index contributed by atoms with van der Waals surface area (Å²) in [5.41, 5.74) is 9.84. The molecule has 0 atom stereocenters. The lowest BCUT2D eigenvalue weighted by Gasteiger charge is -2.14. The Morgan fingerprint density at radius 3 is 2.22 bits per heavy atom. The van der Waals surface area contributed by atoms with E-state index in [1.54, 1.807) is 6.07 Å². The predicted molar refractivity (Wildman–Crippen MR) is 77.7 cm³/mol. The fourth-order valence-electron chi connectivity index (χ4n) is 1.94. The quantitative estimate of drug-likeness (QED) is 0.800. The molecule has 0 saturated heterocycles. The Hall–Kier alpha value is -1.55. The highest BCUT2D eigenvalue weighted by Crippen LogP contribution is 2.29. The summed E-state index contributed by atoms with van der Waals surface area (Å²) in [6.45, 7) is 4.01. The van der Waals surface area contributed by atoms with Crippen LogP contribution in [0.3, 0.4) is 0 Å². The number of nitrogens with one attached hydrogen (secondary N) is 1. The first-order valence-corrected chi connectivity index (χ1v) is 6.35. The second kappa shape index (κ2) is 4.98. The van der Waals surface area contributed by atoms with E-state index in [1.165, 1.54) is 12.1 Å². The summed E-state index contributed by atoms with van der Waals surface area (Å²) in [5.74, 6) is -0.343. The van der Waals surface area contributed by atoms with Crippen molar-refractivity contribution in [3.05, 3.63) is 51.7 Å². The standard InChI is InChI=1S/C14H14BrFN2/c1-8-3-10(15)4-9(2)14(8)18-13-6-11(16)5-12(17)7-13/h3-7,18H,17H2,1-2H3. The van der Waals surface area contributed by atoms with Crippen molar-refractivity contribution in [2.24, 2.45) is 0 Å². The zero-order chi connectivity index (χ0) is 13.3. The number of halogens is 2. The van der Waals surface area contributed by atoms with Crippen LogP contribution in [0.25, 0.3) is 0 Å². The molecular weight excluding hydrogens is 295 g/mol. The van der Waals surface area contributed by atoms with Crippen LogP contribution < -0.4 is 11.1 Å². The van der Waals surface area contributed by atoms with Crippen LogP contribution in [-0.2, 0) is 0 Å². The first-order valence-electron chi connectivity index (χ1n) is 5.55. The molecule has 0 radical (unpaired) electrons. The molecule has 0 heterocycles. The van der Waals surface area contributed by atoms with Gasteiger partial charge >= 0.3 is 0 Å². The average Bonchev–Trinajstić information content (AvgIpc) is 2.22. The smallest absolute Gasteiger partial charge is 0.127 e. The maximum absolute atomic E-state index is 13.3. The van der Waals surface area contributed by atoms with Crippen LogP contribution in [0.1, 0.15) is 11.1 Å². The van der Waals surface area contributed by atoms with Gasteiger partial charge in [-0.05, 0) is 55.3 Å². The Labute approximate surface area is 114 Å². The van der Waals surface area contributed by atoms with E-state index in [4.69, 9.17) is 5.73 Å². The highest BCUT2D eigenvalue weighted by Gasteiger charge is 2.06. The fraction of sp³-hybridized carbons (Fsp3) is 0.143. The van der Waals surface area contributed by atoms with Crippen molar-refractivity contribution in [2.45, 2.75) is 13.8 Å². The molecular formula is C14H14BrFN2. The molecule has 0 bridgehead atoms. The van der Waals surface area contributed by atoms with E-state index in [-0.39, 0.29) is 5.82 Å². The van der Waals surface area contributed by atoms with Gasteiger partial charge in [0.05, 0.1) is 0 Å². The molecule has 0 aliphatic carbocycles. The van der Waals surface area contributed by atoms with Crippen LogP contribution in [-0.4, -0.2) is 0 Å². The van der Waals surface area contributed by atoms with Crippen LogP contribution in [0.2, 0.25) is 0 Å². The van der Waals surface area contributed by atoms with Crippen molar-refractivity contribution >= 4 is 33.0 Å². The van der Waals surface area contributed by atoms with Crippen LogP contribution in [0.15, 0.2) is 34.8 Å². The van der Waals surface area contributed by atoms with E-state index >= 15 is 0 Å². The Morgan fingerprint density at radius 2 is 1.67 bits per heavy atom. The molecule has 2 rings (SSSR count). The van der Waals surface area contributed by atoms with Gasteiger partial charge in [0.1, 0.15) is 5.82 Å². The highest BCUT2D eigenvalue weighted by molar-refractivity contribution is 9.10. The lowest BCUT2D eigenvalue weighted by Crippen LogP contribution is -1.98. The number of anilines is 3. The third-order valence-electron chi connectivity index (χ3n) is 2.69. The Kier molecular flexibility index (Phi) is 3.57. The Bertz CT molecular complexity index is 553. The molecule has 0 aliphatic heterocycles. The maximum Gasteiger partial charge on any atom is 0.127 e. The fourth-order valence-corrected chi connectivity index (χ4v) is 2.62. The maximum atomic E-state index is 13.3. The molecule has 4 heteroatoms. The van der Waals surface area contributed by atoms with Gasteiger partial charge in [0, 0.05) is 21.5 Å². The molecule has 2 aromatic rings. The Morgan fingerprint density at radius 1 is 1.06 bits per heavy atom. The first kappa shape index (κ1) is 12.9. The Balaban J connectivity index is 2.40. The summed E-state index contributed by atoms with van der Waals surface area (Å²) >= 11 is 3.45. The minimum Gasteiger partial charge on any atom is -0.399 e. The van der Waals surface area contributed by atoms with Crippen molar-refractivity contribution in [3.8, 4) is 0 Å². The number of nitrogen functional groups attached to an aromatic ring is 1. The van der Waals surface area contributed by atoms with Gasteiger partial charge in [0.2, 0.25) is 0 Å². The van der Waals surface area contributed by atoms with E-state index in [0.717, 1.165) is 21.3 Å². The monoisotopic (exact) mass is 308 g/mol. The normalized spacial score (nSPS) is 10.4. The van der Waals surface area contributed by atoms with Crippen molar-refractivity contribution in [1.29, 1.82) is 0 Å². The first-order chi connectivity index (χ1) is 8.45. The molecule has 0 unspecified atom stereocenters. The van der Waals surface area contributed by atoms with Gasteiger partial charge in [-0.15, -0.1) is 0 Å². The number of benzene rings is 2. The molecule has 0 aliphatic rings. The topological polar surface area (TPSA) is 38.0 Å². The third kappa shape index (κ3) is 2.82. The number of hydrogen-bond donors (Lipinski definition) is 2. The van der Waals surface area contributed by atoms with Crippen molar-refractivity contribution in [3.63, 3.8) is 0 Å². The minimum absolute atomic E-state index is 0.343. The van der Waals surface area contributed by atoms with E-state index in [9.17, 15) is 4.39 Å². The van der Waals surface area contributed by atoms with Gasteiger partial charge in [-0.2, -0.15) is 0 Å². The van der Waals surface area contributed by atoms with Crippen LogP contribution >= 0.6 is 15.9 Å². The highest BCUT2D eigenvalue weighted by atomic mass is 79.9. The van der Waals surface area contributed by atoms with Crippen molar-refractivity contribution < 1.29 is 4.39 Å². The van der Waals surface area contributed by atoms with Crippen LogP contribution in [0.5, 0.6) is 0 Å².